The Kier molecular flexibility index (Phi) is 4.03. The van der Waals surface area contributed by atoms with Crippen LogP contribution in [0.2, 0.25) is 0 Å². The fourth-order valence-electron chi connectivity index (χ4n) is 3.07. The molecule has 5 heteroatoms. The van der Waals surface area contributed by atoms with Crippen LogP contribution in [0.5, 0.6) is 0 Å². The zero-order chi connectivity index (χ0) is 14.8. The number of aromatic nitrogens is 2. The highest BCUT2D eigenvalue weighted by Gasteiger charge is 2.29. The molecule has 112 valence electrons. The third kappa shape index (κ3) is 2.84. The van der Waals surface area contributed by atoms with Crippen molar-refractivity contribution in [3.05, 3.63) is 53.9 Å². The second kappa shape index (κ2) is 5.95. The van der Waals surface area contributed by atoms with Crippen molar-refractivity contribution in [3.8, 4) is 0 Å². The molecule has 4 nitrogen and oxygen atoms in total. The van der Waals surface area contributed by atoms with Gasteiger partial charge >= 0.3 is 0 Å². The van der Waals surface area contributed by atoms with Crippen molar-refractivity contribution in [1.29, 1.82) is 0 Å². The Morgan fingerprint density at radius 3 is 3.00 bits per heavy atom. The van der Waals surface area contributed by atoms with Gasteiger partial charge in [-0.3, -0.25) is 4.90 Å². The molecule has 2 N–H and O–H groups in total. The maximum atomic E-state index is 13.6. The van der Waals surface area contributed by atoms with Crippen molar-refractivity contribution in [2.45, 2.75) is 38.5 Å². The van der Waals surface area contributed by atoms with E-state index in [1.807, 2.05) is 18.5 Å². The van der Waals surface area contributed by atoms with Gasteiger partial charge in [-0.1, -0.05) is 19.1 Å². The molecule has 1 aromatic carbocycles. The van der Waals surface area contributed by atoms with Crippen LogP contribution in [-0.4, -0.2) is 27.0 Å². The number of benzene rings is 1. The van der Waals surface area contributed by atoms with Crippen LogP contribution in [0.4, 0.5) is 4.39 Å². The Morgan fingerprint density at radius 2 is 2.24 bits per heavy atom. The molecule has 1 aliphatic rings. The molecular weight excluding hydrogens is 267 g/mol. The van der Waals surface area contributed by atoms with Crippen LogP contribution in [0.3, 0.4) is 0 Å². The standard InChI is InChI=1S/C16H21FN4/c1-2-14(18)16(12-4-3-5-13(17)10-12)21-9-8-20-7-6-19-15(20)11-21/h3-7,10,14,16H,2,8-9,11,18H2,1H3. The maximum Gasteiger partial charge on any atom is 0.123 e. The van der Waals surface area contributed by atoms with Crippen molar-refractivity contribution in [3.63, 3.8) is 0 Å². The molecule has 0 saturated heterocycles. The lowest BCUT2D eigenvalue weighted by Crippen LogP contribution is -2.44. The van der Waals surface area contributed by atoms with Crippen molar-refractivity contribution >= 4 is 0 Å². The summed E-state index contributed by atoms with van der Waals surface area (Å²) in [4.78, 5) is 6.70. The summed E-state index contributed by atoms with van der Waals surface area (Å²) in [6.45, 7) is 4.62. The van der Waals surface area contributed by atoms with Crippen molar-refractivity contribution in [2.75, 3.05) is 6.54 Å². The van der Waals surface area contributed by atoms with Gasteiger partial charge in [-0.15, -0.1) is 0 Å². The third-order valence-electron chi connectivity index (χ3n) is 4.23. The minimum absolute atomic E-state index is 0.0201. The van der Waals surface area contributed by atoms with E-state index in [1.165, 1.54) is 6.07 Å². The Balaban J connectivity index is 1.90. The Morgan fingerprint density at radius 1 is 1.38 bits per heavy atom. The van der Waals surface area contributed by atoms with E-state index in [4.69, 9.17) is 5.73 Å². The van der Waals surface area contributed by atoms with E-state index in [9.17, 15) is 4.39 Å². The molecule has 2 aromatic rings. The lowest BCUT2D eigenvalue weighted by molar-refractivity contribution is 0.130. The number of halogens is 1. The monoisotopic (exact) mass is 288 g/mol. The predicted molar refractivity (Wildman–Crippen MR) is 80.0 cm³/mol. The Bertz CT molecular complexity index is 610. The smallest absolute Gasteiger partial charge is 0.123 e. The normalized spacial score (nSPS) is 18.2. The largest absolute Gasteiger partial charge is 0.333 e. The molecule has 2 heterocycles. The Labute approximate surface area is 124 Å². The summed E-state index contributed by atoms with van der Waals surface area (Å²) in [5.74, 6) is 0.838. The van der Waals surface area contributed by atoms with E-state index >= 15 is 0 Å². The van der Waals surface area contributed by atoms with Gasteiger partial charge in [0.25, 0.3) is 0 Å². The molecule has 2 unspecified atom stereocenters. The summed E-state index contributed by atoms with van der Waals surface area (Å²) in [5, 5.41) is 0. The molecule has 0 fully saturated rings. The first-order valence-corrected chi connectivity index (χ1v) is 7.44. The zero-order valence-corrected chi connectivity index (χ0v) is 12.2. The van der Waals surface area contributed by atoms with Crippen molar-refractivity contribution in [1.82, 2.24) is 14.5 Å². The average molecular weight is 288 g/mol. The Hall–Kier alpha value is -1.72. The van der Waals surface area contributed by atoms with Crippen LogP contribution >= 0.6 is 0 Å². The van der Waals surface area contributed by atoms with Crippen molar-refractivity contribution in [2.24, 2.45) is 5.73 Å². The van der Waals surface area contributed by atoms with Gasteiger partial charge in [0.05, 0.1) is 12.6 Å². The maximum absolute atomic E-state index is 13.6. The SMILES string of the molecule is CCC(N)C(c1cccc(F)c1)N1CCn2ccnc2C1. The van der Waals surface area contributed by atoms with Crippen molar-refractivity contribution < 1.29 is 4.39 Å². The van der Waals surface area contributed by atoms with E-state index in [-0.39, 0.29) is 17.9 Å². The van der Waals surface area contributed by atoms with Crippen LogP contribution < -0.4 is 5.73 Å². The number of hydrogen-bond acceptors (Lipinski definition) is 3. The summed E-state index contributed by atoms with van der Waals surface area (Å²) < 4.78 is 15.7. The van der Waals surface area contributed by atoms with E-state index in [0.29, 0.717) is 0 Å². The van der Waals surface area contributed by atoms with Gasteiger partial charge in [-0.25, -0.2) is 9.37 Å². The number of fused-ring (bicyclic) bond motifs is 1. The molecule has 1 aromatic heterocycles. The number of hydrogen-bond donors (Lipinski definition) is 1. The highest BCUT2D eigenvalue weighted by atomic mass is 19.1. The molecule has 0 radical (unpaired) electrons. The van der Waals surface area contributed by atoms with E-state index in [0.717, 1.165) is 37.4 Å². The van der Waals surface area contributed by atoms with Gasteiger partial charge in [-0.05, 0) is 24.1 Å². The minimum Gasteiger partial charge on any atom is -0.333 e. The first kappa shape index (κ1) is 14.2. The molecule has 0 bridgehead atoms. The van der Waals surface area contributed by atoms with Gasteiger partial charge in [0, 0.05) is 31.5 Å². The van der Waals surface area contributed by atoms with Crippen LogP contribution in [0.25, 0.3) is 0 Å². The van der Waals surface area contributed by atoms with Crippen LogP contribution in [0.1, 0.15) is 30.8 Å². The summed E-state index contributed by atoms with van der Waals surface area (Å²) in [6.07, 6.45) is 4.69. The topological polar surface area (TPSA) is 47.1 Å². The average Bonchev–Trinajstić information content (AvgIpc) is 2.95. The van der Waals surface area contributed by atoms with Gasteiger partial charge in [0.2, 0.25) is 0 Å². The fourth-order valence-corrected chi connectivity index (χ4v) is 3.07. The van der Waals surface area contributed by atoms with E-state index in [2.05, 4.69) is 21.4 Å². The summed E-state index contributed by atoms with van der Waals surface area (Å²) >= 11 is 0. The molecule has 0 saturated carbocycles. The van der Waals surface area contributed by atoms with E-state index < -0.39 is 0 Å². The molecule has 2 atom stereocenters. The van der Waals surface area contributed by atoms with Gasteiger partial charge in [0.15, 0.2) is 0 Å². The first-order valence-electron chi connectivity index (χ1n) is 7.44. The minimum atomic E-state index is -0.209. The lowest BCUT2D eigenvalue weighted by Gasteiger charge is -2.38. The quantitative estimate of drug-likeness (QED) is 0.939. The lowest BCUT2D eigenvalue weighted by atomic mass is 9.95. The number of rotatable bonds is 4. The molecule has 0 spiro atoms. The summed E-state index contributed by atoms with van der Waals surface area (Å²) in [7, 11) is 0. The second-order valence-electron chi connectivity index (χ2n) is 5.58. The molecule has 3 rings (SSSR count). The van der Waals surface area contributed by atoms with Gasteiger partial charge in [0.1, 0.15) is 11.6 Å². The third-order valence-corrected chi connectivity index (χ3v) is 4.23. The molecular formula is C16H21FN4. The molecule has 0 amide bonds. The number of imidazole rings is 1. The second-order valence-corrected chi connectivity index (χ2v) is 5.58. The first-order chi connectivity index (χ1) is 10.2. The predicted octanol–water partition coefficient (Wildman–Crippen LogP) is 2.32. The summed E-state index contributed by atoms with van der Waals surface area (Å²) in [6, 6.07) is 6.79. The van der Waals surface area contributed by atoms with Crippen LogP contribution in [0.15, 0.2) is 36.7 Å². The zero-order valence-electron chi connectivity index (χ0n) is 12.2. The summed E-state index contributed by atoms with van der Waals surface area (Å²) in [5.41, 5.74) is 7.28. The van der Waals surface area contributed by atoms with Gasteiger partial charge < -0.3 is 10.3 Å². The molecule has 1 aliphatic heterocycles. The van der Waals surface area contributed by atoms with Crippen LogP contribution in [-0.2, 0) is 13.1 Å². The van der Waals surface area contributed by atoms with Gasteiger partial charge in [-0.2, -0.15) is 0 Å². The molecule has 21 heavy (non-hydrogen) atoms. The highest BCUT2D eigenvalue weighted by Crippen LogP contribution is 2.28. The highest BCUT2D eigenvalue weighted by molar-refractivity contribution is 5.22. The van der Waals surface area contributed by atoms with Crippen LogP contribution in [0, 0.1) is 5.82 Å². The fraction of sp³-hybridized carbons (Fsp3) is 0.438. The number of nitrogens with zero attached hydrogens (tertiary/aromatic N) is 3. The molecule has 0 aliphatic carbocycles. The number of nitrogens with two attached hydrogens (primary N) is 1. The van der Waals surface area contributed by atoms with E-state index in [1.54, 1.807) is 12.1 Å².